The third-order valence-corrected chi connectivity index (χ3v) is 6.68. The predicted octanol–water partition coefficient (Wildman–Crippen LogP) is 5.14. The van der Waals surface area contributed by atoms with Crippen LogP contribution in [0.1, 0.15) is 5.56 Å². The summed E-state index contributed by atoms with van der Waals surface area (Å²) in [5.41, 5.74) is 1.48. The van der Waals surface area contributed by atoms with Gasteiger partial charge in [0.2, 0.25) is 5.91 Å². The molecule has 9 heteroatoms. The Labute approximate surface area is 191 Å². The van der Waals surface area contributed by atoms with Crippen molar-refractivity contribution in [2.75, 3.05) is 23.3 Å². The molecule has 162 valence electrons. The van der Waals surface area contributed by atoms with Crippen LogP contribution >= 0.6 is 23.2 Å². The summed E-state index contributed by atoms with van der Waals surface area (Å²) in [6.45, 7) is 1.31. The van der Waals surface area contributed by atoms with Crippen LogP contribution < -0.4 is 14.4 Å². The number of amides is 1. The van der Waals surface area contributed by atoms with Crippen molar-refractivity contribution < 1.29 is 17.9 Å². The van der Waals surface area contributed by atoms with Crippen LogP contribution in [0.5, 0.6) is 5.75 Å². The number of carbonyl (C=O) groups excluding carboxylic acids is 1. The predicted molar refractivity (Wildman–Crippen MR) is 124 cm³/mol. The molecule has 0 heterocycles. The van der Waals surface area contributed by atoms with Crippen LogP contribution in [-0.4, -0.2) is 28.0 Å². The number of hydrogen-bond donors (Lipinski definition) is 1. The van der Waals surface area contributed by atoms with Gasteiger partial charge in [-0.2, -0.15) is 0 Å². The van der Waals surface area contributed by atoms with Gasteiger partial charge in [0, 0.05) is 15.7 Å². The highest BCUT2D eigenvalue weighted by Gasteiger charge is 2.30. The number of halogens is 2. The van der Waals surface area contributed by atoms with E-state index in [9.17, 15) is 13.2 Å². The molecule has 0 saturated carbocycles. The molecule has 0 unspecified atom stereocenters. The average molecular weight is 479 g/mol. The fourth-order valence-electron chi connectivity index (χ4n) is 2.92. The molecule has 3 aromatic carbocycles. The maximum Gasteiger partial charge on any atom is 0.268 e. The number of nitrogens with zero attached hydrogens (tertiary/aromatic N) is 1. The molecule has 0 bridgehead atoms. The van der Waals surface area contributed by atoms with Crippen molar-refractivity contribution in [2.45, 2.75) is 11.8 Å². The molecule has 0 radical (unpaired) electrons. The van der Waals surface area contributed by atoms with E-state index < -0.39 is 22.5 Å². The van der Waals surface area contributed by atoms with Crippen molar-refractivity contribution in [3.63, 3.8) is 0 Å². The van der Waals surface area contributed by atoms with E-state index in [1.807, 2.05) is 0 Å². The summed E-state index contributed by atoms with van der Waals surface area (Å²) in [6, 6.07) is 17.6. The number of anilines is 2. The second-order valence-corrected chi connectivity index (χ2v) is 9.40. The van der Waals surface area contributed by atoms with E-state index in [-0.39, 0.29) is 16.3 Å². The number of rotatable bonds is 7. The van der Waals surface area contributed by atoms with Crippen molar-refractivity contribution in [1.82, 2.24) is 0 Å². The first-order chi connectivity index (χ1) is 14.7. The second kappa shape index (κ2) is 9.60. The zero-order chi connectivity index (χ0) is 22.6. The highest BCUT2D eigenvalue weighted by molar-refractivity contribution is 7.93. The van der Waals surface area contributed by atoms with Gasteiger partial charge < -0.3 is 10.1 Å². The first-order valence-corrected chi connectivity index (χ1v) is 11.4. The Morgan fingerprint density at radius 1 is 1.00 bits per heavy atom. The van der Waals surface area contributed by atoms with Crippen molar-refractivity contribution >= 4 is 50.5 Å². The SMILES string of the molecule is COc1ccc(C)cc1S(=O)(=O)N(CC(=O)Nc1cccc(Cl)c1)c1ccc(Cl)cc1. The zero-order valence-electron chi connectivity index (χ0n) is 16.8. The lowest BCUT2D eigenvalue weighted by Gasteiger charge is -2.25. The van der Waals surface area contributed by atoms with Gasteiger partial charge in [-0.3, -0.25) is 9.10 Å². The molecule has 0 aliphatic carbocycles. The van der Waals surface area contributed by atoms with Gasteiger partial charge >= 0.3 is 0 Å². The highest BCUT2D eigenvalue weighted by atomic mass is 35.5. The van der Waals surface area contributed by atoms with Crippen molar-refractivity contribution in [3.05, 3.63) is 82.3 Å². The van der Waals surface area contributed by atoms with Gasteiger partial charge in [-0.05, 0) is 67.1 Å². The van der Waals surface area contributed by atoms with Crippen LogP contribution in [0.15, 0.2) is 71.6 Å². The number of methoxy groups -OCH3 is 1. The second-order valence-electron chi connectivity index (χ2n) is 6.70. The Morgan fingerprint density at radius 3 is 2.35 bits per heavy atom. The summed E-state index contributed by atoms with van der Waals surface area (Å²) < 4.78 is 33.5. The Hall–Kier alpha value is -2.74. The standard InChI is InChI=1S/C22H20Cl2N2O4S/c1-15-6-11-20(30-2)21(12-15)31(28,29)26(19-9-7-16(23)8-10-19)14-22(27)25-18-5-3-4-17(24)13-18/h3-13H,14H2,1-2H3,(H,25,27). The molecule has 0 aliphatic heterocycles. The summed E-state index contributed by atoms with van der Waals surface area (Å²) in [4.78, 5) is 12.7. The lowest BCUT2D eigenvalue weighted by Crippen LogP contribution is -2.38. The lowest BCUT2D eigenvalue weighted by atomic mass is 10.2. The molecule has 0 fully saturated rings. The molecular formula is C22H20Cl2N2O4S. The smallest absolute Gasteiger partial charge is 0.268 e. The maximum absolute atomic E-state index is 13.6. The number of ether oxygens (including phenoxy) is 1. The van der Waals surface area contributed by atoms with Gasteiger partial charge in [0.25, 0.3) is 10.0 Å². The minimum absolute atomic E-state index is 0.0412. The van der Waals surface area contributed by atoms with E-state index in [1.165, 1.54) is 25.3 Å². The van der Waals surface area contributed by atoms with Crippen LogP contribution in [0.2, 0.25) is 10.0 Å². The van der Waals surface area contributed by atoms with Gasteiger partial charge in [-0.1, -0.05) is 35.3 Å². The molecule has 0 atom stereocenters. The number of nitrogens with one attached hydrogen (secondary N) is 1. The fourth-order valence-corrected chi connectivity index (χ4v) is 4.90. The van der Waals surface area contributed by atoms with E-state index in [1.54, 1.807) is 55.5 Å². The van der Waals surface area contributed by atoms with Gasteiger partial charge in [0.05, 0.1) is 12.8 Å². The quantitative estimate of drug-likeness (QED) is 0.509. The molecule has 0 saturated heterocycles. The van der Waals surface area contributed by atoms with Crippen LogP contribution in [0, 0.1) is 6.92 Å². The highest BCUT2D eigenvalue weighted by Crippen LogP contribution is 2.31. The number of hydrogen-bond acceptors (Lipinski definition) is 4. The summed E-state index contributed by atoms with van der Waals surface area (Å²) in [5.74, 6) is -0.354. The van der Waals surface area contributed by atoms with E-state index >= 15 is 0 Å². The van der Waals surface area contributed by atoms with Crippen molar-refractivity contribution in [1.29, 1.82) is 0 Å². The summed E-state index contributed by atoms with van der Waals surface area (Å²) in [6.07, 6.45) is 0. The zero-order valence-corrected chi connectivity index (χ0v) is 19.1. The molecule has 6 nitrogen and oxygen atoms in total. The van der Waals surface area contributed by atoms with Gasteiger partial charge in [0.1, 0.15) is 17.2 Å². The van der Waals surface area contributed by atoms with Gasteiger partial charge in [-0.15, -0.1) is 0 Å². The van der Waals surface area contributed by atoms with Crippen LogP contribution in [0.25, 0.3) is 0 Å². The maximum atomic E-state index is 13.6. The molecule has 1 amide bonds. The number of benzene rings is 3. The third-order valence-electron chi connectivity index (χ3n) is 4.40. The fraction of sp³-hybridized carbons (Fsp3) is 0.136. The molecule has 31 heavy (non-hydrogen) atoms. The lowest BCUT2D eigenvalue weighted by molar-refractivity contribution is -0.114. The number of sulfonamides is 1. The van der Waals surface area contributed by atoms with E-state index in [0.29, 0.717) is 15.7 Å². The van der Waals surface area contributed by atoms with Crippen molar-refractivity contribution in [2.24, 2.45) is 0 Å². The first kappa shape index (κ1) is 22.9. The Balaban J connectivity index is 2.01. The normalized spacial score (nSPS) is 11.1. The Bertz CT molecular complexity index is 1200. The van der Waals surface area contributed by atoms with Gasteiger partial charge in [-0.25, -0.2) is 8.42 Å². The molecule has 0 aromatic heterocycles. The Kier molecular flexibility index (Phi) is 7.10. The van der Waals surface area contributed by atoms with E-state index in [4.69, 9.17) is 27.9 Å². The first-order valence-electron chi connectivity index (χ1n) is 9.19. The van der Waals surface area contributed by atoms with Gasteiger partial charge in [0.15, 0.2) is 0 Å². The van der Waals surface area contributed by atoms with Crippen molar-refractivity contribution in [3.8, 4) is 5.75 Å². The minimum Gasteiger partial charge on any atom is -0.495 e. The Morgan fingerprint density at radius 2 is 1.71 bits per heavy atom. The number of carbonyl (C=O) groups is 1. The molecule has 1 N–H and O–H groups in total. The number of aryl methyl sites for hydroxylation is 1. The minimum atomic E-state index is -4.15. The topological polar surface area (TPSA) is 75.7 Å². The summed E-state index contributed by atoms with van der Waals surface area (Å²) >= 11 is 11.9. The molecule has 3 aromatic rings. The monoisotopic (exact) mass is 478 g/mol. The van der Waals surface area contributed by atoms with E-state index in [2.05, 4.69) is 5.32 Å². The molecule has 0 aliphatic rings. The van der Waals surface area contributed by atoms with Crippen LogP contribution in [-0.2, 0) is 14.8 Å². The van der Waals surface area contributed by atoms with Crippen LogP contribution in [0.4, 0.5) is 11.4 Å². The van der Waals surface area contributed by atoms with E-state index in [0.717, 1.165) is 9.87 Å². The largest absolute Gasteiger partial charge is 0.495 e. The summed E-state index contributed by atoms with van der Waals surface area (Å²) in [5, 5.41) is 3.56. The molecular weight excluding hydrogens is 459 g/mol. The molecule has 0 spiro atoms. The third kappa shape index (κ3) is 5.50. The summed E-state index contributed by atoms with van der Waals surface area (Å²) in [7, 11) is -2.76. The molecule has 3 rings (SSSR count). The van der Waals surface area contributed by atoms with Crippen LogP contribution in [0.3, 0.4) is 0 Å². The average Bonchev–Trinajstić information content (AvgIpc) is 2.72.